The van der Waals surface area contributed by atoms with E-state index >= 15 is 0 Å². The van der Waals surface area contributed by atoms with Gasteiger partial charge in [-0.3, -0.25) is 0 Å². The van der Waals surface area contributed by atoms with E-state index in [2.05, 4.69) is 84.9 Å². The summed E-state index contributed by atoms with van der Waals surface area (Å²) in [5, 5.41) is 9.68. The maximum Gasteiger partial charge on any atom is 0.119 e. The lowest BCUT2D eigenvalue weighted by Gasteiger charge is -2.18. The molecule has 0 spiro atoms. The lowest BCUT2D eigenvalue weighted by Crippen LogP contribution is -1.92. The molecule has 6 aromatic carbocycles. The molecule has 0 aliphatic carbocycles. The van der Waals surface area contributed by atoms with E-state index in [-0.39, 0.29) is 0 Å². The van der Waals surface area contributed by atoms with Gasteiger partial charge in [-0.2, -0.15) is 0 Å². The molecule has 0 N–H and O–H groups in total. The van der Waals surface area contributed by atoms with Gasteiger partial charge in [0.05, 0.1) is 14.2 Å². The second-order valence-corrected chi connectivity index (χ2v) is 8.12. The van der Waals surface area contributed by atoms with Gasteiger partial charge in [0.1, 0.15) is 11.5 Å². The van der Waals surface area contributed by atoms with Crippen LogP contribution in [0.2, 0.25) is 0 Å². The van der Waals surface area contributed by atoms with Crippen molar-refractivity contribution in [3.05, 3.63) is 97.1 Å². The maximum atomic E-state index is 5.62. The second kappa shape index (κ2) is 7.28. The number of benzene rings is 6. The van der Waals surface area contributed by atoms with E-state index in [0.29, 0.717) is 0 Å². The predicted octanol–water partition coefficient (Wildman–Crippen LogP) is 7.98. The molecular weight excluding hydrogens is 392 g/mol. The number of fused-ring (bicyclic) bond motifs is 4. The summed E-state index contributed by atoms with van der Waals surface area (Å²) in [6.45, 7) is 0. The number of hydrogen-bond acceptors (Lipinski definition) is 2. The first-order valence-electron chi connectivity index (χ1n) is 10.8. The highest BCUT2D eigenvalue weighted by Crippen LogP contribution is 2.45. The van der Waals surface area contributed by atoms with Crippen LogP contribution >= 0.6 is 0 Å². The molecule has 0 saturated carbocycles. The summed E-state index contributed by atoms with van der Waals surface area (Å²) in [7, 11) is 3.44. The van der Waals surface area contributed by atoms with E-state index < -0.39 is 0 Å². The number of rotatable bonds is 3. The molecule has 2 nitrogen and oxygen atoms in total. The number of hydrogen-bond donors (Lipinski definition) is 0. The lowest BCUT2D eigenvalue weighted by molar-refractivity contribution is 0.415. The summed E-state index contributed by atoms with van der Waals surface area (Å²) in [6, 6.07) is 34.5. The normalized spacial score (nSPS) is 11.4. The predicted molar refractivity (Wildman–Crippen MR) is 135 cm³/mol. The highest BCUT2D eigenvalue weighted by Gasteiger charge is 2.17. The summed E-state index contributed by atoms with van der Waals surface area (Å²) in [5.74, 6) is 1.72. The molecule has 6 rings (SSSR count). The first-order valence-corrected chi connectivity index (χ1v) is 10.8. The number of methoxy groups -OCH3 is 2. The molecule has 0 amide bonds. The van der Waals surface area contributed by atoms with Crippen LogP contribution in [-0.4, -0.2) is 14.2 Å². The third kappa shape index (κ3) is 2.80. The fourth-order valence-corrected chi connectivity index (χ4v) is 4.87. The van der Waals surface area contributed by atoms with Gasteiger partial charge in [-0.25, -0.2) is 0 Å². The van der Waals surface area contributed by atoms with Crippen molar-refractivity contribution in [1.82, 2.24) is 0 Å². The van der Waals surface area contributed by atoms with E-state index in [1.807, 2.05) is 12.1 Å². The molecule has 0 unspecified atom stereocenters. The molecule has 0 saturated heterocycles. The van der Waals surface area contributed by atoms with Crippen molar-refractivity contribution >= 4 is 43.1 Å². The van der Waals surface area contributed by atoms with Gasteiger partial charge in [0.2, 0.25) is 0 Å². The summed E-state index contributed by atoms with van der Waals surface area (Å²) in [4.78, 5) is 0. The summed E-state index contributed by atoms with van der Waals surface area (Å²) in [5.41, 5.74) is 2.46. The second-order valence-electron chi connectivity index (χ2n) is 8.12. The maximum absolute atomic E-state index is 5.62. The Balaban J connectivity index is 1.91. The van der Waals surface area contributed by atoms with Gasteiger partial charge in [0.15, 0.2) is 0 Å². The zero-order chi connectivity index (χ0) is 21.7. The van der Waals surface area contributed by atoms with Crippen molar-refractivity contribution in [3.63, 3.8) is 0 Å². The summed E-state index contributed by atoms with van der Waals surface area (Å²) < 4.78 is 11.2. The molecule has 2 heteroatoms. The topological polar surface area (TPSA) is 18.5 Å². The monoisotopic (exact) mass is 414 g/mol. The van der Waals surface area contributed by atoms with Crippen LogP contribution in [0.4, 0.5) is 0 Å². The molecule has 0 aliphatic heterocycles. The lowest BCUT2D eigenvalue weighted by atomic mass is 9.86. The molecule has 0 aliphatic rings. The number of ether oxygens (including phenoxy) is 2. The molecule has 32 heavy (non-hydrogen) atoms. The van der Waals surface area contributed by atoms with Crippen molar-refractivity contribution in [2.75, 3.05) is 14.2 Å². The molecule has 0 radical (unpaired) electrons. The van der Waals surface area contributed by atoms with Gasteiger partial charge in [-0.05, 0) is 90.6 Å². The smallest absolute Gasteiger partial charge is 0.119 e. The minimum Gasteiger partial charge on any atom is -0.497 e. The van der Waals surface area contributed by atoms with Crippen LogP contribution in [0.15, 0.2) is 97.1 Å². The van der Waals surface area contributed by atoms with Gasteiger partial charge in [-0.15, -0.1) is 0 Å². The van der Waals surface area contributed by atoms with Crippen LogP contribution < -0.4 is 9.47 Å². The van der Waals surface area contributed by atoms with Crippen LogP contribution in [0.5, 0.6) is 11.5 Å². The zero-order valence-corrected chi connectivity index (χ0v) is 18.1. The summed E-state index contributed by atoms with van der Waals surface area (Å²) >= 11 is 0. The molecule has 0 heterocycles. The van der Waals surface area contributed by atoms with Crippen LogP contribution in [0.3, 0.4) is 0 Å². The highest BCUT2D eigenvalue weighted by atomic mass is 16.5. The standard InChI is InChI=1S/C30H22O2/c1-31-23-13-11-21-15-19-7-3-5-9-25(19)29(27(21)17-23)30-26-10-6-4-8-20(26)16-22-12-14-24(32-2)18-28(22)30/h3-18H,1-2H3. The molecule has 0 atom stereocenters. The van der Waals surface area contributed by atoms with Crippen molar-refractivity contribution < 1.29 is 9.47 Å². The molecule has 0 fully saturated rings. The first-order chi connectivity index (χ1) is 15.8. The Bertz CT molecular complexity index is 1520. The van der Waals surface area contributed by atoms with Crippen LogP contribution in [0, 0.1) is 0 Å². The van der Waals surface area contributed by atoms with E-state index in [4.69, 9.17) is 9.47 Å². The fraction of sp³-hybridized carbons (Fsp3) is 0.0667. The van der Waals surface area contributed by atoms with Crippen LogP contribution in [0.1, 0.15) is 0 Å². The zero-order valence-electron chi connectivity index (χ0n) is 18.1. The third-order valence-electron chi connectivity index (χ3n) is 6.39. The van der Waals surface area contributed by atoms with Gasteiger partial charge < -0.3 is 9.47 Å². The summed E-state index contributed by atoms with van der Waals surface area (Å²) in [6.07, 6.45) is 0. The minimum absolute atomic E-state index is 0.858. The van der Waals surface area contributed by atoms with Crippen molar-refractivity contribution in [2.45, 2.75) is 0 Å². The van der Waals surface area contributed by atoms with E-state index in [1.54, 1.807) is 14.2 Å². The molecule has 0 bridgehead atoms. The molecule has 6 aromatic rings. The minimum atomic E-state index is 0.858. The van der Waals surface area contributed by atoms with E-state index in [0.717, 1.165) is 11.5 Å². The molecule has 154 valence electrons. The average molecular weight is 415 g/mol. The Labute approximate surface area is 186 Å². The molecule has 0 aromatic heterocycles. The van der Waals surface area contributed by atoms with Gasteiger partial charge in [0.25, 0.3) is 0 Å². The quantitative estimate of drug-likeness (QED) is 0.273. The first kappa shape index (κ1) is 18.7. The van der Waals surface area contributed by atoms with E-state index in [1.165, 1.54) is 54.2 Å². The van der Waals surface area contributed by atoms with Crippen molar-refractivity contribution in [1.29, 1.82) is 0 Å². The Hall–Kier alpha value is -4.04. The Morgan fingerprint density at radius 3 is 1.25 bits per heavy atom. The van der Waals surface area contributed by atoms with Crippen molar-refractivity contribution in [3.8, 4) is 22.6 Å². The Kier molecular flexibility index (Phi) is 4.26. The Morgan fingerprint density at radius 1 is 0.406 bits per heavy atom. The SMILES string of the molecule is COc1ccc2cc3ccccc3c(-c3c4ccccc4cc4ccc(OC)cc34)c2c1. The largest absolute Gasteiger partial charge is 0.497 e. The van der Waals surface area contributed by atoms with Gasteiger partial charge in [0, 0.05) is 0 Å². The third-order valence-corrected chi connectivity index (χ3v) is 6.39. The van der Waals surface area contributed by atoms with Gasteiger partial charge >= 0.3 is 0 Å². The van der Waals surface area contributed by atoms with Crippen molar-refractivity contribution in [2.24, 2.45) is 0 Å². The fourth-order valence-electron chi connectivity index (χ4n) is 4.87. The van der Waals surface area contributed by atoms with Gasteiger partial charge in [-0.1, -0.05) is 60.7 Å². The van der Waals surface area contributed by atoms with Crippen LogP contribution in [-0.2, 0) is 0 Å². The van der Waals surface area contributed by atoms with E-state index in [9.17, 15) is 0 Å². The Morgan fingerprint density at radius 2 is 0.812 bits per heavy atom. The highest BCUT2D eigenvalue weighted by molar-refractivity contribution is 6.23. The average Bonchev–Trinajstić information content (AvgIpc) is 2.85. The molecular formula is C30H22O2. The van der Waals surface area contributed by atoms with Crippen LogP contribution in [0.25, 0.3) is 54.2 Å².